The van der Waals surface area contributed by atoms with Gasteiger partial charge in [0.05, 0.1) is 7.11 Å². The highest BCUT2D eigenvalue weighted by atomic mass is 16.6. The van der Waals surface area contributed by atoms with Gasteiger partial charge in [0.2, 0.25) is 5.91 Å². The van der Waals surface area contributed by atoms with E-state index in [1.807, 2.05) is 18.2 Å². The van der Waals surface area contributed by atoms with Crippen LogP contribution in [0.25, 0.3) is 0 Å². The summed E-state index contributed by atoms with van der Waals surface area (Å²) in [6.07, 6.45) is 2.85. The summed E-state index contributed by atoms with van der Waals surface area (Å²) in [5.41, 5.74) is 0.935. The lowest BCUT2D eigenvalue weighted by Gasteiger charge is -2.27. The highest BCUT2D eigenvalue weighted by molar-refractivity contribution is 5.76. The Morgan fingerprint density at radius 2 is 2.08 bits per heavy atom. The molecule has 0 aromatic heterocycles. The van der Waals surface area contributed by atoms with Crippen LogP contribution < -0.4 is 15.4 Å². The van der Waals surface area contributed by atoms with Crippen LogP contribution in [0.5, 0.6) is 5.75 Å². The van der Waals surface area contributed by atoms with E-state index >= 15 is 0 Å². The van der Waals surface area contributed by atoms with Crippen molar-refractivity contribution >= 4 is 11.9 Å². The third-order valence-electron chi connectivity index (χ3n) is 4.67. The van der Waals surface area contributed by atoms with Crippen LogP contribution in [0.3, 0.4) is 0 Å². The second kappa shape index (κ2) is 10.0. The van der Waals surface area contributed by atoms with Gasteiger partial charge in [-0.25, -0.2) is 4.79 Å². The predicted molar refractivity (Wildman–Crippen MR) is 95.2 cm³/mol. The van der Waals surface area contributed by atoms with Gasteiger partial charge in [-0.05, 0) is 55.5 Å². The SMILES string of the molecule is COC(=O)COc1cccc(CNC(=O)CC(C)C2CCNCC2)c1. The summed E-state index contributed by atoms with van der Waals surface area (Å²) in [7, 11) is 1.32. The van der Waals surface area contributed by atoms with Crippen molar-refractivity contribution in [2.45, 2.75) is 32.7 Å². The fraction of sp³-hybridized carbons (Fsp3) is 0.579. The molecule has 0 spiro atoms. The standard InChI is InChI=1S/C19H28N2O4/c1-14(16-6-8-20-9-7-16)10-18(22)21-12-15-4-3-5-17(11-15)25-13-19(23)24-2/h3-5,11,14,16,20H,6-10,12-13H2,1-2H3,(H,21,22). The molecule has 0 aliphatic carbocycles. The summed E-state index contributed by atoms with van der Waals surface area (Å²) in [6.45, 7) is 4.59. The molecule has 1 aliphatic rings. The lowest BCUT2D eigenvalue weighted by Crippen LogP contribution is -2.33. The Morgan fingerprint density at radius 3 is 2.80 bits per heavy atom. The number of piperidine rings is 1. The van der Waals surface area contributed by atoms with Gasteiger partial charge in [0.25, 0.3) is 0 Å². The minimum atomic E-state index is -0.425. The van der Waals surface area contributed by atoms with Gasteiger partial charge in [0.15, 0.2) is 6.61 Å². The van der Waals surface area contributed by atoms with E-state index in [2.05, 4.69) is 22.3 Å². The van der Waals surface area contributed by atoms with E-state index in [0.717, 1.165) is 31.5 Å². The molecular formula is C19H28N2O4. The summed E-state index contributed by atoms with van der Waals surface area (Å²) >= 11 is 0. The Kier molecular flexibility index (Phi) is 7.73. The van der Waals surface area contributed by atoms with Crippen LogP contribution in [-0.4, -0.2) is 38.7 Å². The molecule has 0 radical (unpaired) electrons. The molecule has 1 aromatic carbocycles. The van der Waals surface area contributed by atoms with Gasteiger partial charge in [0, 0.05) is 13.0 Å². The van der Waals surface area contributed by atoms with E-state index in [-0.39, 0.29) is 12.5 Å². The van der Waals surface area contributed by atoms with Crippen molar-refractivity contribution < 1.29 is 19.1 Å². The van der Waals surface area contributed by atoms with Gasteiger partial charge >= 0.3 is 5.97 Å². The minimum absolute atomic E-state index is 0.0758. The average molecular weight is 348 g/mol. The zero-order valence-corrected chi connectivity index (χ0v) is 15.0. The van der Waals surface area contributed by atoms with Crippen molar-refractivity contribution in [1.82, 2.24) is 10.6 Å². The molecule has 1 amide bonds. The molecule has 0 saturated carbocycles. The van der Waals surface area contributed by atoms with Crippen LogP contribution in [0.15, 0.2) is 24.3 Å². The highest BCUT2D eigenvalue weighted by Crippen LogP contribution is 2.24. The van der Waals surface area contributed by atoms with Gasteiger partial charge in [0.1, 0.15) is 5.75 Å². The van der Waals surface area contributed by atoms with E-state index < -0.39 is 5.97 Å². The van der Waals surface area contributed by atoms with Gasteiger partial charge in [-0.2, -0.15) is 0 Å². The molecule has 1 saturated heterocycles. The number of rotatable bonds is 8. The number of methoxy groups -OCH3 is 1. The maximum absolute atomic E-state index is 12.2. The molecule has 138 valence electrons. The maximum Gasteiger partial charge on any atom is 0.343 e. The smallest absolute Gasteiger partial charge is 0.343 e. The fourth-order valence-corrected chi connectivity index (χ4v) is 3.09. The first kappa shape index (κ1) is 19.2. The van der Waals surface area contributed by atoms with Gasteiger partial charge in [-0.3, -0.25) is 4.79 Å². The van der Waals surface area contributed by atoms with Crippen molar-refractivity contribution in [1.29, 1.82) is 0 Å². The lowest BCUT2D eigenvalue weighted by atomic mass is 9.84. The maximum atomic E-state index is 12.2. The van der Waals surface area contributed by atoms with Crippen LogP contribution >= 0.6 is 0 Å². The number of hydrogen-bond acceptors (Lipinski definition) is 5. The predicted octanol–water partition coefficient (Wildman–Crippen LogP) is 1.88. The number of ether oxygens (including phenoxy) is 2. The molecular weight excluding hydrogens is 320 g/mol. The van der Waals surface area contributed by atoms with Crippen LogP contribution in [-0.2, 0) is 20.9 Å². The largest absolute Gasteiger partial charge is 0.482 e. The number of benzene rings is 1. The van der Waals surface area contributed by atoms with Crippen molar-refractivity contribution in [2.24, 2.45) is 11.8 Å². The molecule has 1 fully saturated rings. The molecule has 6 nitrogen and oxygen atoms in total. The molecule has 1 unspecified atom stereocenters. The number of amides is 1. The van der Waals surface area contributed by atoms with Gasteiger partial charge in [-0.1, -0.05) is 19.1 Å². The van der Waals surface area contributed by atoms with E-state index in [1.165, 1.54) is 7.11 Å². The first-order valence-corrected chi connectivity index (χ1v) is 8.84. The topological polar surface area (TPSA) is 76.7 Å². The Bertz CT molecular complexity index is 570. The average Bonchev–Trinajstić information content (AvgIpc) is 2.65. The molecule has 25 heavy (non-hydrogen) atoms. The van der Waals surface area contributed by atoms with Crippen LogP contribution in [0, 0.1) is 11.8 Å². The molecule has 1 atom stereocenters. The van der Waals surface area contributed by atoms with Crippen LogP contribution in [0.1, 0.15) is 31.7 Å². The fourth-order valence-electron chi connectivity index (χ4n) is 3.09. The zero-order chi connectivity index (χ0) is 18.1. The molecule has 1 heterocycles. The van der Waals surface area contributed by atoms with Crippen LogP contribution in [0.2, 0.25) is 0 Å². The Morgan fingerprint density at radius 1 is 1.32 bits per heavy atom. The summed E-state index contributed by atoms with van der Waals surface area (Å²) in [6, 6.07) is 7.35. The van der Waals surface area contributed by atoms with E-state index in [4.69, 9.17) is 4.74 Å². The molecule has 1 aliphatic heterocycles. The molecule has 0 bridgehead atoms. The number of carbonyl (C=O) groups is 2. The lowest BCUT2D eigenvalue weighted by molar-refractivity contribution is -0.142. The summed E-state index contributed by atoms with van der Waals surface area (Å²) in [4.78, 5) is 23.3. The van der Waals surface area contributed by atoms with Crippen LogP contribution in [0.4, 0.5) is 0 Å². The third-order valence-corrected chi connectivity index (χ3v) is 4.67. The van der Waals surface area contributed by atoms with Crippen molar-refractivity contribution in [3.05, 3.63) is 29.8 Å². The normalized spacial score (nSPS) is 16.1. The minimum Gasteiger partial charge on any atom is -0.482 e. The Balaban J connectivity index is 1.76. The third kappa shape index (κ3) is 6.74. The van der Waals surface area contributed by atoms with E-state index in [1.54, 1.807) is 6.07 Å². The molecule has 6 heteroatoms. The van der Waals surface area contributed by atoms with Crippen molar-refractivity contribution in [3.8, 4) is 5.75 Å². The number of carbonyl (C=O) groups excluding carboxylic acids is 2. The second-order valence-electron chi connectivity index (χ2n) is 6.56. The van der Waals surface area contributed by atoms with Gasteiger partial charge in [-0.15, -0.1) is 0 Å². The van der Waals surface area contributed by atoms with E-state index in [0.29, 0.717) is 30.6 Å². The number of nitrogens with one attached hydrogen (secondary N) is 2. The van der Waals surface area contributed by atoms with E-state index in [9.17, 15) is 9.59 Å². The molecule has 2 rings (SSSR count). The first-order chi connectivity index (χ1) is 12.1. The molecule has 2 N–H and O–H groups in total. The first-order valence-electron chi connectivity index (χ1n) is 8.84. The Labute approximate surface area is 149 Å². The summed E-state index contributed by atoms with van der Waals surface area (Å²) in [5.74, 6) is 1.26. The summed E-state index contributed by atoms with van der Waals surface area (Å²) < 4.78 is 9.90. The van der Waals surface area contributed by atoms with Gasteiger partial charge < -0.3 is 20.1 Å². The zero-order valence-electron chi connectivity index (χ0n) is 15.0. The monoisotopic (exact) mass is 348 g/mol. The number of hydrogen-bond donors (Lipinski definition) is 2. The summed E-state index contributed by atoms with van der Waals surface area (Å²) in [5, 5.41) is 6.32. The number of esters is 1. The Hall–Kier alpha value is -2.08. The molecule has 1 aromatic rings. The van der Waals surface area contributed by atoms with Crippen molar-refractivity contribution in [3.63, 3.8) is 0 Å². The second-order valence-corrected chi connectivity index (χ2v) is 6.56. The quantitative estimate of drug-likeness (QED) is 0.702. The highest BCUT2D eigenvalue weighted by Gasteiger charge is 2.21. The van der Waals surface area contributed by atoms with Crippen molar-refractivity contribution in [2.75, 3.05) is 26.8 Å².